The second-order valence-corrected chi connectivity index (χ2v) is 5.95. The van der Waals surface area contributed by atoms with Gasteiger partial charge in [-0.2, -0.15) is 0 Å². The van der Waals surface area contributed by atoms with Crippen LogP contribution in [0.3, 0.4) is 0 Å². The number of rotatable bonds is 5. The molecule has 0 saturated heterocycles. The van der Waals surface area contributed by atoms with Crippen LogP contribution in [0, 0.1) is 0 Å². The molecule has 0 bridgehead atoms. The fraction of sp³-hybridized carbons (Fsp3) is 0.250. The third-order valence-electron chi connectivity index (χ3n) is 3.22. The zero-order chi connectivity index (χ0) is 16.3. The molecule has 4 nitrogen and oxygen atoms in total. The Kier molecular flexibility index (Phi) is 5.58. The van der Waals surface area contributed by atoms with E-state index in [0.717, 1.165) is 20.1 Å². The van der Waals surface area contributed by atoms with E-state index in [1.54, 1.807) is 28.4 Å². The highest BCUT2D eigenvalue weighted by molar-refractivity contribution is 9.11. The molecule has 2 rings (SSSR count). The van der Waals surface area contributed by atoms with Crippen LogP contribution in [0.15, 0.2) is 33.2 Å². The number of methoxy groups -OCH3 is 4. The Bertz CT molecular complexity index is 686. The maximum Gasteiger partial charge on any atom is 0.208 e. The summed E-state index contributed by atoms with van der Waals surface area (Å²) in [4.78, 5) is 0. The molecule has 0 saturated carbocycles. The summed E-state index contributed by atoms with van der Waals surface area (Å²) in [6, 6.07) is 7.85. The fourth-order valence-electron chi connectivity index (χ4n) is 2.29. The molecule has 0 aromatic heterocycles. The quantitative estimate of drug-likeness (QED) is 0.673. The van der Waals surface area contributed by atoms with Gasteiger partial charge >= 0.3 is 0 Å². The smallest absolute Gasteiger partial charge is 0.208 e. The highest BCUT2D eigenvalue weighted by Gasteiger charge is 2.27. The second-order valence-electron chi connectivity index (χ2n) is 4.30. The van der Waals surface area contributed by atoms with Gasteiger partial charge in [-0.25, -0.2) is 0 Å². The van der Waals surface area contributed by atoms with Crippen molar-refractivity contribution in [3.63, 3.8) is 0 Å². The molecule has 0 N–H and O–H groups in total. The second kappa shape index (κ2) is 7.24. The number of halogens is 2. The van der Waals surface area contributed by atoms with Gasteiger partial charge in [-0.05, 0) is 22.0 Å². The summed E-state index contributed by atoms with van der Waals surface area (Å²) in [5, 5.41) is 0. The van der Waals surface area contributed by atoms with Gasteiger partial charge in [0.2, 0.25) is 11.5 Å². The van der Waals surface area contributed by atoms with Crippen LogP contribution in [0.4, 0.5) is 0 Å². The first-order chi connectivity index (χ1) is 10.6. The summed E-state index contributed by atoms with van der Waals surface area (Å²) in [7, 11) is 6.30. The van der Waals surface area contributed by atoms with Gasteiger partial charge in [-0.3, -0.25) is 0 Å². The molecule has 0 aliphatic heterocycles. The van der Waals surface area contributed by atoms with Crippen molar-refractivity contribution < 1.29 is 18.9 Å². The summed E-state index contributed by atoms with van der Waals surface area (Å²) < 4.78 is 23.7. The Morgan fingerprint density at radius 1 is 0.682 bits per heavy atom. The van der Waals surface area contributed by atoms with Crippen LogP contribution < -0.4 is 18.9 Å². The molecule has 0 aliphatic carbocycles. The SMILES string of the molecule is COc1c(Br)c(-c2ccccc2Br)c(OC)c(OC)c1OC. The minimum atomic E-state index is 0.476. The van der Waals surface area contributed by atoms with Crippen LogP contribution in [0.25, 0.3) is 11.1 Å². The van der Waals surface area contributed by atoms with E-state index in [2.05, 4.69) is 31.9 Å². The molecule has 0 amide bonds. The van der Waals surface area contributed by atoms with Gasteiger partial charge in [0.1, 0.15) is 0 Å². The number of benzene rings is 2. The van der Waals surface area contributed by atoms with E-state index in [4.69, 9.17) is 18.9 Å². The summed E-state index contributed by atoms with van der Waals surface area (Å²) >= 11 is 7.17. The number of hydrogen-bond acceptors (Lipinski definition) is 4. The van der Waals surface area contributed by atoms with Gasteiger partial charge in [-0.1, -0.05) is 34.1 Å². The minimum Gasteiger partial charge on any atom is -0.492 e. The molecular formula is C16H16Br2O4. The van der Waals surface area contributed by atoms with Crippen LogP contribution in [-0.4, -0.2) is 28.4 Å². The van der Waals surface area contributed by atoms with Gasteiger partial charge in [0.25, 0.3) is 0 Å². The topological polar surface area (TPSA) is 36.9 Å². The maximum atomic E-state index is 5.59. The molecule has 22 heavy (non-hydrogen) atoms. The number of ether oxygens (including phenoxy) is 4. The van der Waals surface area contributed by atoms with E-state index in [-0.39, 0.29) is 0 Å². The molecule has 0 atom stereocenters. The van der Waals surface area contributed by atoms with Gasteiger partial charge in [-0.15, -0.1) is 0 Å². The zero-order valence-corrected chi connectivity index (χ0v) is 15.9. The van der Waals surface area contributed by atoms with Crippen LogP contribution in [0.2, 0.25) is 0 Å². The fourth-order valence-corrected chi connectivity index (χ4v) is 3.50. The summed E-state index contributed by atoms with van der Waals surface area (Å²) in [6.07, 6.45) is 0. The predicted octanol–water partition coefficient (Wildman–Crippen LogP) is 4.91. The van der Waals surface area contributed by atoms with E-state index < -0.39 is 0 Å². The number of hydrogen-bond donors (Lipinski definition) is 0. The zero-order valence-electron chi connectivity index (χ0n) is 12.7. The third kappa shape index (κ3) is 2.77. The predicted molar refractivity (Wildman–Crippen MR) is 93.5 cm³/mol. The van der Waals surface area contributed by atoms with Crippen molar-refractivity contribution >= 4 is 31.9 Å². The minimum absolute atomic E-state index is 0.476. The van der Waals surface area contributed by atoms with Crippen LogP contribution in [0.1, 0.15) is 0 Å². The van der Waals surface area contributed by atoms with Crippen molar-refractivity contribution in [2.24, 2.45) is 0 Å². The van der Waals surface area contributed by atoms with E-state index in [0.29, 0.717) is 23.0 Å². The Hall–Kier alpha value is -1.40. The normalized spacial score (nSPS) is 10.3. The third-order valence-corrected chi connectivity index (χ3v) is 4.67. The summed E-state index contributed by atoms with van der Waals surface area (Å²) in [5.41, 5.74) is 1.77. The molecule has 0 heterocycles. The standard InChI is InChI=1S/C16H16Br2O4/c1-19-13-11(9-7-5-6-8-10(9)17)12(18)14(20-2)16(22-4)15(13)21-3/h5-8H,1-4H3. The van der Waals surface area contributed by atoms with Crippen molar-refractivity contribution in [1.82, 2.24) is 0 Å². The lowest BCUT2D eigenvalue weighted by atomic mass is 10.0. The molecule has 6 heteroatoms. The summed E-state index contributed by atoms with van der Waals surface area (Å²) in [5.74, 6) is 2.07. The lowest BCUT2D eigenvalue weighted by Gasteiger charge is -2.21. The van der Waals surface area contributed by atoms with Crippen LogP contribution in [0.5, 0.6) is 23.0 Å². The van der Waals surface area contributed by atoms with Crippen LogP contribution >= 0.6 is 31.9 Å². The van der Waals surface area contributed by atoms with Gasteiger partial charge in [0.15, 0.2) is 11.5 Å². The van der Waals surface area contributed by atoms with Gasteiger partial charge in [0.05, 0.1) is 32.9 Å². The van der Waals surface area contributed by atoms with Gasteiger partial charge in [0, 0.05) is 15.6 Å². The average molecular weight is 432 g/mol. The molecule has 0 unspecified atom stereocenters. The highest BCUT2D eigenvalue weighted by Crippen LogP contribution is 2.56. The Labute approximate surface area is 146 Å². The molecule has 118 valence electrons. The monoisotopic (exact) mass is 430 g/mol. The lowest BCUT2D eigenvalue weighted by Crippen LogP contribution is -2.01. The largest absolute Gasteiger partial charge is 0.492 e. The van der Waals surface area contributed by atoms with E-state index in [1.807, 2.05) is 24.3 Å². The Morgan fingerprint density at radius 3 is 1.68 bits per heavy atom. The van der Waals surface area contributed by atoms with Crippen LogP contribution in [-0.2, 0) is 0 Å². The Morgan fingerprint density at radius 2 is 1.18 bits per heavy atom. The van der Waals surface area contributed by atoms with Gasteiger partial charge < -0.3 is 18.9 Å². The lowest BCUT2D eigenvalue weighted by molar-refractivity contribution is 0.305. The molecule has 2 aromatic carbocycles. The molecule has 0 aliphatic rings. The first kappa shape index (κ1) is 17.0. The maximum absolute atomic E-state index is 5.59. The first-order valence-electron chi connectivity index (χ1n) is 6.40. The van der Waals surface area contributed by atoms with E-state index >= 15 is 0 Å². The first-order valence-corrected chi connectivity index (χ1v) is 7.99. The van der Waals surface area contributed by atoms with Crippen molar-refractivity contribution in [3.05, 3.63) is 33.2 Å². The molecule has 0 radical (unpaired) electrons. The molecule has 2 aromatic rings. The Balaban J connectivity index is 2.92. The summed E-state index contributed by atoms with van der Waals surface area (Å²) in [6.45, 7) is 0. The van der Waals surface area contributed by atoms with Crippen molar-refractivity contribution in [3.8, 4) is 34.1 Å². The van der Waals surface area contributed by atoms with Crippen molar-refractivity contribution in [2.45, 2.75) is 0 Å². The van der Waals surface area contributed by atoms with E-state index in [9.17, 15) is 0 Å². The van der Waals surface area contributed by atoms with Crippen molar-refractivity contribution in [1.29, 1.82) is 0 Å². The highest BCUT2D eigenvalue weighted by atomic mass is 79.9. The van der Waals surface area contributed by atoms with Crippen molar-refractivity contribution in [2.75, 3.05) is 28.4 Å². The molecule has 0 fully saturated rings. The van der Waals surface area contributed by atoms with E-state index in [1.165, 1.54) is 0 Å². The molecule has 0 spiro atoms. The average Bonchev–Trinajstić information content (AvgIpc) is 2.54. The molecular weight excluding hydrogens is 416 g/mol.